The molecule has 0 saturated heterocycles. The van der Waals surface area contributed by atoms with Crippen molar-refractivity contribution in [3.8, 4) is 0 Å². The van der Waals surface area contributed by atoms with E-state index in [2.05, 4.69) is 0 Å². The largest absolute Gasteiger partial charge is 0.286 e. The molecule has 0 fully saturated rings. The minimum Gasteiger partial charge on any atom is -0.286 e. The normalized spacial score (nSPS) is 23.3. The summed E-state index contributed by atoms with van der Waals surface area (Å²) in [5.41, 5.74) is -3.70. The van der Waals surface area contributed by atoms with E-state index in [9.17, 15) is 8.42 Å². The van der Waals surface area contributed by atoms with Gasteiger partial charge in [-0.05, 0) is 6.37 Å². The maximum atomic E-state index is 10.9. The molecule has 12 heavy (non-hydrogen) atoms. The smallest absolute Gasteiger partial charge is 0.264 e. The predicted octanol–water partition coefficient (Wildman–Crippen LogP) is 1.22. The molecule has 3 nitrogen and oxygen atoms in total. The Bertz CT molecular complexity index is 404. The first-order valence-electron chi connectivity index (χ1n) is 5.97. The van der Waals surface area contributed by atoms with E-state index < -0.39 is 36.3 Å². The summed E-state index contributed by atoms with van der Waals surface area (Å²) in [4.78, 5) is 0. The van der Waals surface area contributed by atoms with Crippen LogP contribution in [0.5, 0.6) is 0 Å². The third-order valence-electron chi connectivity index (χ3n) is 0.618. The summed E-state index contributed by atoms with van der Waals surface area (Å²) in [7, 11) is -8.23. The molecule has 69 valence electrons. The maximum Gasteiger partial charge on any atom is 0.264 e. The Morgan fingerprint density at radius 1 is 1.42 bits per heavy atom. The molecule has 0 aliphatic heterocycles. The van der Waals surface area contributed by atoms with Gasteiger partial charge in [0, 0.05) is 45.9 Å². The molecule has 0 aromatic carbocycles. The van der Waals surface area contributed by atoms with Gasteiger partial charge in [0.05, 0.1) is 5.70 Å². The Balaban J connectivity index is 0. The van der Waals surface area contributed by atoms with Crippen molar-refractivity contribution in [1.29, 1.82) is 0 Å². The zero-order valence-corrected chi connectivity index (χ0v) is 11.5. The van der Waals surface area contributed by atoms with Gasteiger partial charge < -0.3 is 0 Å². The molecule has 0 atom stereocenters. The average molecular weight is 225 g/mol. The van der Waals surface area contributed by atoms with E-state index >= 15 is 0 Å². The SMILES string of the molecule is [2H]C([2H])(C([2H])([2H])[Si](C)(C)C)C([2H])([2H])S(=O)(=O)O.[Na]. The van der Waals surface area contributed by atoms with Crippen molar-refractivity contribution >= 4 is 47.7 Å². The van der Waals surface area contributed by atoms with Crippen molar-refractivity contribution in [3.63, 3.8) is 0 Å². The fourth-order valence-corrected chi connectivity index (χ4v) is 0.986. The molecule has 0 heterocycles. The van der Waals surface area contributed by atoms with Crippen LogP contribution in [0.15, 0.2) is 0 Å². The second kappa shape index (κ2) is 5.77. The van der Waals surface area contributed by atoms with Crippen LogP contribution in [0.3, 0.4) is 0 Å². The zero-order chi connectivity index (χ0) is 14.5. The molecule has 0 rings (SSSR count). The van der Waals surface area contributed by atoms with Crippen molar-refractivity contribution in [2.45, 2.75) is 32.0 Å². The van der Waals surface area contributed by atoms with Crippen LogP contribution in [-0.4, -0.2) is 56.3 Å². The molecule has 0 aromatic rings. The Morgan fingerprint density at radius 3 is 2.08 bits per heavy atom. The first kappa shape index (κ1) is 6.58. The van der Waals surface area contributed by atoms with Crippen molar-refractivity contribution in [2.24, 2.45) is 0 Å². The van der Waals surface area contributed by atoms with E-state index in [0.717, 1.165) is 0 Å². The van der Waals surface area contributed by atoms with Gasteiger partial charge in [0.1, 0.15) is 0 Å². The summed E-state index contributed by atoms with van der Waals surface area (Å²) in [5.74, 6) is -2.67. The molecule has 0 aliphatic carbocycles. The fraction of sp³-hybridized carbons (Fsp3) is 1.00. The summed E-state index contributed by atoms with van der Waals surface area (Å²) in [6.07, 6.45) is -3.35. The van der Waals surface area contributed by atoms with E-state index in [1.165, 1.54) is 19.6 Å². The molecule has 0 spiro atoms. The van der Waals surface area contributed by atoms with E-state index in [0.29, 0.717) is 0 Å². The van der Waals surface area contributed by atoms with E-state index in [1.54, 1.807) is 0 Å². The maximum absolute atomic E-state index is 10.9. The summed E-state index contributed by atoms with van der Waals surface area (Å²) in [6.45, 7) is 4.35. The van der Waals surface area contributed by atoms with E-state index in [-0.39, 0.29) is 29.6 Å². The second-order valence-electron chi connectivity index (χ2n) is 3.08. The third kappa shape index (κ3) is 13.7. The van der Waals surface area contributed by atoms with Crippen molar-refractivity contribution < 1.29 is 21.2 Å². The second-order valence-corrected chi connectivity index (χ2v) is 8.98. The van der Waals surface area contributed by atoms with Crippen LogP contribution >= 0.6 is 0 Å². The molecular formula is C6H16NaO3SSi. The van der Waals surface area contributed by atoms with Gasteiger partial charge in [-0.2, -0.15) is 8.42 Å². The molecule has 0 saturated carbocycles. The summed E-state index contributed by atoms with van der Waals surface area (Å²) in [5, 5.41) is 0. The molecule has 0 unspecified atom stereocenters. The van der Waals surface area contributed by atoms with Crippen molar-refractivity contribution in [1.82, 2.24) is 0 Å². The van der Waals surface area contributed by atoms with Gasteiger partial charge in [0.25, 0.3) is 10.1 Å². The van der Waals surface area contributed by atoms with Gasteiger partial charge in [-0.15, -0.1) is 0 Å². The van der Waals surface area contributed by atoms with Crippen LogP contribution < -0.4 is 0 Å². The summed E-state index contributed by atoms with van der Waals surface area (Å²) < 4.78 is 75.0. The van der Waals surface area contributed by atoms with Gasteiger partial charge in [0.15, 0.2) is 0 Å². The first-order chi connectivity index (χ1) is 7.00. The minimum atomic E-state index is -5.36. The van der Waals surface area contributed by atoms with Gasteiger partial charge in [-0.3, -0.25) is 4.55 Å². The third-order valence-corrected chi connectivity index (χ3v) is 1.85. The van der Waals surface area contributed by atoms with Gasteiger partial charge >= 0.3 is 0 Å². The van der Waals surface area contributed by atoms with Crippen LogP contribution in [-0.2, 0) is 10.1 Å². The average Bonchev–Trinajstić information content (AvgIpc) is 1.98. The Labute approximate surface area is 106 Å². The standard InChI is InChI=1S/C6H16O3SSi.Na/c1-11(2,3)6-4-5-10(7,8)9;/h4-6H2,1-3H3,(H,7,8,9);/i4D2,5D2,6D2;. The molecule has 1 N–H and O–H groups in total. The van der Waals surface area contributed by atoms with Crippen LogP contribution in [0.1, 0.15) is 14.6 Å². The molecule has 6 heteroatoms. The number of rotatable bonds is 4. The quantitative estimate of drug-likeness (QED) is 0.578. The molecule has 0 aromatic heterocycles. The Kier molecular flexibility index (Phi) is 3.17. The Hall–Kier alpha value is 1.13. The molecule has 0 amide bonds. The number of hydrogen-bond acceptors (Lipinski definition) is 2. The molecular weight excluding hydrogens is 203 g/mol. The van der Waals surface area contributed by atoms with E-state index in [1.807, 2.05) is 0 Å². The van der Waals surface area contributed by atoms with Crippen LogP contribution in [0.4, 0.5) is 0 Å². The molecule has 0 bridgehead atoms. The Morgan fingerprint density at radius 2 is 1.83 bits per heavy atom. The topological polar surface area (TPSA) is 54.4 Å². The van der Waals surface area contributed by atoms with Gasteiger partial charge in [-0.25, -0.2) is 0 Å². The summed E-state index contributed by atoms with van der Waals surface area (Å²) in [6, 6.07) is 0. The fourth-order valence-electron chi connectivity index (χ4n) is 0.278. The minimum absolute atomic E-state index is 0. The van der Waals surface area contributed by atoms with Crippen molar-refractivity contribution in [2.75, 3.05) is 5.70 Å². The van der Waals surface area contributed by atoms with Crippen LogP contribution in [0, 0.1) is 0 Å². The predicted molar refractivity (Wildman–Crippen MR) is 54.9 cm³/mol. The monoisotopic (exact) mass is 225 g/mol. The van der Waals surface area contributed by atoms with Gasteiger partial charge in [-0.1, -0.05) is 25.6 Å². The van der Waals surface area contributed by atoms with E-state index in [4.69, 9.17) is 12.8 Å². The molecule has 0 aliphatic rings. The molecule has 1 radical (unpaired) electrons. The van der Waals surface area contributed by atoms with Gasteiger partial charge in [0.2, 0.25) is 0 Å². The van der Waals surface area contributed by atoms with Crippen LogP contribution in [0.25, 0.3) is 0 Å². The number of hydrogen-bond donors (Lipinski definition) is 1. The van der Waals surface area contributed by atoms with Crippen LogP contribution in [0.2, 0.25) is 25.6 Å². The summed E-state index contributed by atoms with van der Waals surface area (Å²) >= 11 is 0. The first-order valence-corrected chi connectivity index (χ1v) is 7.91. The van der Waals surface area contributed by atoms with Crippen molar-refractivity contribution in [3.05, 3.63) is 0 Å². The zero-order valence-electron chi connectivity index (χ0n) is 13.7.